The number of carbonyl (C=O) groups is 1. The normalized spacial score (nSPS) is 26.9. The van der Waals surface area contributed by atoms with Gasteiger partial charge >= 0.3 is 0 Å². The number of primary amides is 1. The zero-order chi connectivity index (χ0) is 13.5. The second-order valence-electron chi connectivity index (χ2n) is 4.95. The van der Waals surface area contributed by atoms with Gasteiger partial charge in [0.15, 0.2) is 4.34 Å². The van der Waals surface area contributed by atoms with Crippen molar-refractivity contribution >= 4 is 39.2 Å². The van der Waals surface area contributed by atoms with Gasteiger partial charge in [0.05, 0.1) is 15.8 Å². The van der Waals surface area contributed by atoms with Crippen molar-refractivity contribution in [1.29, 1.82) is 0 Å². The topological polar surface area (TPSA) is 82.0 Å². The monoisotopic (exact) mass is 293 g/mol. The van der Waals surface area contributed by atoms with Crippen LogP contribution in [0.3, 0.4) is 0 Å². The molecule has 1 fully saturated rings. The third kappa shape index (κ3) is 2.48. The van der Waals surface area contributed by atoms with Gasteiger partial charge in [-0.15, -0.1) is 11.3 Å². The molecule has 1 aromatic carbocycles. The van der Waals surface area contributed by atoms with E-state index >= 15 is 0 Å². The number of thiazole rings is 1. The van der Waals surface area contributed by atoms with E-state index in [-0.39, 0.29) is 5.91 Å². The van der Waals surface area contributed by atoms with Crippen LogP contribution in [0.25, 0.3) is 10.2 Å². The Hall–Kier alpha value is -1.11. The summed E-state index contributed by atoms with van der Waals surface area (Å²) in [5.74, 6) is -0.389. The van der Waals surface area contributed by atoms with E-state index in [4.69, 9.17) is 11.5 Å². The van der Waals surface area contributed by atoms with E-state index in [0.717, 1.165) is 16.3 Å². The van der Waals surface area contributed by atoms with E-state index in [1.54, 1.807) is 23.1 Å². The Kier molecular flexibility index (Phi) is 3.24. The lowest BCUT2D eigenvalue weighted by atomic mass is 9.99. The van der Waals surface area contributed by atoms with E-state index in [1.165, 1.54) is 4.70 Å². The first-order valence-electron chi connectivity index (χ1n) is 6.18. The summed E-state index contributed by atoms with van der Waals surface area (Å²) >= 11 is 3.40. The van der Waals surface area contributed by atoms with E-state index in [0.29, 0.717) is 18.1 Å². The number of aromatic nitrogens is 1. The van der Waals surface area contributed by atoms with E-state index in [2.05, 4.69) is 11.1 Å². The zero-order valence-electron chi connectivity index (χ0n) is 10.3. The van der Waals surface area contributed by atoms with Gasteiger partial charge in [-0.2, -0.15) is 0 Å². The number of thioether (sulfide) groups is 1. The molecule has 4 nitrogen and oxygen atoms in total. The molecule has 0 aliphatic heterocycles. The van der Waals surface area contributed by atoms with E-state index in [9.17, 15) is 4.79 Å². The van der Waals surface area contributed by atoms with Crippen molar-refractivity contribution < 1.29 is 4.79 Å². The van der Waals surface area contributed by atoms with Crippen molar-refractivity contribution in [3.05, 3.63) is 24.3 Å². The molecule has 3 rings (SSSR count). The SMILES string of the molecule is NC(=O)C1(N)CCC(Sc2nc3ccccc3s2)C1. The fourth-order valence-corrected chi connectivity index (χ4v) is 5.02. The lowest BCUT2D eigenvalue weighted by Gasteiger charge is -2.18. The van der Waals surface area contributed by atoms with E-state index < -0.39 is 5.54 Å². The average Bonchev–Trinajstić information content (AvgIpc) is 2.93. The third-order valence-corrected chi connectivity index (χ3v) is 5.94. The second kappa shape index (κ2) is 4.77. The van der Waals surface area contributed by atoms with Gasteiger partial charge in [-0.1, -0.05) is 23.9 Å². The first-order chi connectivity index (χ1) is 9.07. The first-order valence-corrected chi connectivity index (χ1v) is 7.87. The molecular weight excluding hydrogens is 278 g/mol. The van der Waals surface area contributed by atoms with Crippen LogP contribution in [0.4, 0.5) is 0 Å². The highest BCUT2D eigenvalue weighted by atomic mass is 32.2. The highest BCUT2D eigenvalue weighted by molar-refractivity contribution is 8.01. The second-order valence-corrected chi connectivity index (χ2v) is 7.53. The molecule has 0 radical (unpaired) electrons. The fourth-order valence-electron chi connectivity index (χ4n) is 2.40. The fraction of sp³-hybridized carbons (Fsp3) is 0.385. The van der Waals surface area contributed by atoms with Gasteiger partial charge < -0.3 is 11.5 Å². The van der Waals surface area contributed by atoms with Crippen molar-refractivity contribution in [3.63, 3.8) is 0 Å². The standard InChI is InChI=1S/C13H15N3OS2/c14-11(17)13(15)6-5-8(7-13)18-12-16-9-3-1-2-4-10(9)19-12/h1-4,8H,5-7,15H2,(H2,14,17). The number of para-hydroxylation sites is 1. The minimum atomic E-state index is -0.825. The van der Waals surface area contributed by atoms with Crippen LogP contribution < -0.4 is 11.5 Å². The number of fused-ring (bicyclic) bond motifs is 1. The van der Waals surface area contributed by atoms with Crippen LogP contribution in [-0.2, 0) is 4.79 Å². The number of hydrogen-bond donors (Lipinski definition) is 2. The molecule has 2 unspecified atom stereocenters. The van der Waals surface area contributed by atoms with Gasteiger partial charge in [-0.05, 0) is 31.4 Å². The Morgan fingerprint density at radius 2 is 2.26 bits per heavy atom. The zero-order valence-corrected chi connectivity index (χ0v) is 12.0. The Bertz CT molecular complexity index is 594. The quantitative estimate of drug-likeness (QED) is 0.908. The average molecular weight is 293 g/mol. The van der Waals surface area contributed by atoms with Crippen molar-refractivity contribution in [3.8, 4) is 0 Å². The largest absolute Gasteiger partial charge is 0.368 e. The molecule has 1 heterocycles. The van der Waals surface area contributed by atoms with Gasteiger partial charge in [0.1, 0.15) is 0 Å². The number of hydrogen-bond acceptors (Lipinski definition) is 5. The van der Waals surface area contributed by atoms with Gasteiger partial charge in [0.25, 0.3) is 0 Å². The van der Waals surface area contributed by atoms with Gasteiger partial charge in [-0.25, -0.2) is 4.98 Å². The number of benzene rings is 1. The molecule has 0 bridgehead atoms. The molecule has 1 amide bonds. The molecule has 0 saturated heterocycles. The third-order valence-electron chi connectivity index (χ3n) is 3.54. The first kappa shape index (κ1) is 12.9. The highest BCUT2D eigenvalue weighted by Gasteiger charge is 2.41. The Morgan fingerprint density at radius 3 is 2.95 bits per heavy atom. The maximum absolute atomic E-state index is 11.3. The predicted octanol–water partition coefficient (Wildman–Crippen LogP) is 2.12. The summed E-state index contributed by atoms with van der Waals surface area (Å²) < 4.78 is 2.23. The summed E-state index contributed by atoms with van der Waals surface area (Å²) in [5, 5.41) is 0.332. The van der Waals surface area contributed by atoms with Crippen molar-refractivity contribution in [2.24, 2.45) is 11.5 Å². The number of amides is 1. The van der Waals surface area contributed by atoms with Crippen LogP contribution in [0.2, 0.25) is 0 Å². The Morgan fingerprint density at radius 1 is 1.47 bits per heavy atom. The Balaban J connectivity index is 1.74. The van der Waals surface area contributed by atoms with Crippen LogP contribution in [-0.4, -0.2) is 21.7 Å². The lowest BCUT2D eigenvalue weighted by Crippen LogP contribution is -2.50. The minimum Gasteiger partial charge on any atom is -0.368 e. The molecule has 1 aliphatic rings. The van der Waals surface area contributed by atoms with Crippen LogP contribution in [0.5, 0.6) is 0 Å². The molecule has 1 aliphatic carbocycles. The predicted molar refractivity (Wildman–Crippen MR) is 79.2 cm³/mol. The molecule has 2 atom stereocenters. The number of nitrogens with zero attached hydrogens (tertiary/aromatic N) is 1. The van der Waals surface area contributed by atoms with Crippen molar-refractivity contribution in [1.82, 2.24) is 4.98 Å². The maximum Gasteiger partial charge on any atom is 0.237 e. The molecule has 1 saturated carbocycles. The van der Waals surface area contributed by atoms with Crippen molar-refractivity contribution in [2.75, 3.05) is 0 Å². The molecule has 19 heavy (non-hydrogen) atoms. The summed E-state index contributed by atoms with van der Waals surface area (Å²) in [5.41, 5.74) is 11.6. The number of rotatable bonds is 3. The molecule has 100 valence electrons. The Labute approximate surface area is 119 Å². The van der Waals surface area contributed by atoms with Crippen molar-refractivity contribution in [2.45, 2.75) is 34.4 Å². The number of carbonyl (C=O) groups excluding carboxylic acids is 1. The molecule has 0 spiro atoms. The summed E-state index contributed by atoms with van der Waals surface area (Å²) in [7, 11) is 0. The van der Waals surface area contributed by atoms with Gasteiger partial charge in [-0.3, -0.25) is 4.79 Å². The minimum absolute atomic E-state index is 0.332. The highest BCUT2D eigenvalue weighted by Crippen LogP contribution is 2.41. The van der Waals surface area contributed by atoms with Crippen LogP contribution in [0.15, 0.2) is 28.6 Å². The smallest absolute Gasteiger partial charge is 0.237 e. The van der Waals surface area contributed by atoms with Crippen LogP contribution in [0.1, 0.15) is 19.3 Å². The molecule has 2 aromatic rings. The summed E-state index contributed by atoms with van der Waals surface area (Å²) in [4.78, 5) is 15.9. The number of nitrogens with two attached hydrogens (primary N) is 2. The summed E-state index contributed by atoms with van der Waals surface area (Å²) in [6.07, 6.45) is 2.23. The van der Waals surface area contributed by atoms with Crippen LogP contribution in [0, 0.1) is 0 Å². The molecule has 1 aromatic heterocycles. The lowest BCUT2D eigenvalue weighted by molar-refractivity contribution is -0.122. The molecule has 6 heteroatoms. The summed E-state index contributed by atoms with van der Waals surface area (Å²) in [6, 6.07) is 8.09. The maximum atomic E-state index is 11.3. The van der Waals surface area contributed by atoms with Gasteiger partial charge in [0, 0.05) is 5.25 Å². The van der Waals surface area contributed by atoms with Crippen LogP contribution >= 0.6 is 23.1 Å². The molecular formula is C13H15N3OS2. The molecule has 4 N–H and O–H groups in total. The van der Waals surface area contributed by atoms with Gasteiger partial charge in [0.2, 0.25) is 5.91 Å². The van der Waals surface area contributed by atoms with E-state index in [1.807, 2.05) is 18.2 Å². The summed E-state index contributed by atoms with van der Waals surface area (Å²) in [6.45, 7) is 0.